The summed E-state index contributed by atoms with van der Waals surface area (Å²) >= 11 is 0. The molecule has 18 heavy (non-hydrogen) atoms. The van der Waals surface area contributed by atoms with Crippen molar-refractivity contribution in [1.29, 1.82) is 0 Å². The number of aliphatic hydroxyl groups excluding tert-OH is 1. The van der Waals surface area contributed by atoms with E-state index in [2.05, 4.69) is 34.6 Å². The minimum Gasteiger partial charge on any atom is -0.508 e. The molecule has 2 N–H and O–H groups in total. The second-order valence-corrected chi connectivity index (χ2v) is 4.45. The Morgan fingerprint density at radius 2 is 1.17 bits per heavy atom. The van der Waals surface area contributed by atoms with Gasteiger partial charge in [-0.3, -0.25) is 0 Å². The third-order valence-corrected chi connectivity index (χ3v) is 1.56. The van der Waals surface area contributed by atoms with Crippen LogP contribution < -0.4 is 0 Å². The lowest BCUT2D eigenvalue weighted by atomic mass is 10.0. The van der Waals surface area contributed by atoms with Gasteiger partial charge in [-0.05, 0) is 23.5 Å². The number of hydrogen-bond acceptors (Lipinski definition) is 2. The van der Waals surface area contributed by atoms with Gasteiger partial charge in [-0.1, -0.05) is 66.7 Å². The molecule has 0 aliphatic carbocycles. The molecule has 1 rings (SSSR count). The normalized spacial score (nSPS) is 8.39. The molecule has 0 bridgehead atoms. The Morgan fingerprint density at radius 1 is 0.833 bits per heavy atom. The molecule has 1 aromatic carbocycles. The number of hydrogen-bond donors (Lipinski definition) is 2. The van der Waals surface area contributed by atoms with E-state index in [-0.39, 0.29) is 0 Å². The summed E-state index contributed by atoms with van der Waals surface area (Å²) in [6.07, 6.45) is 0. The summed E-state index contributed by atoms with van der Waals surface area (Å²) in [7, 11) is 1.00. The van der Waals surface area contributed by atoms with Gasteiger partial charge in [0.1, 0.15) is 5.75 Å². The van der Waals surface area contributed by atoms with Crippen molar-refractivity contribution in [3.8, 4) is 5.75 Å². The standard InChI is InChI=1S/C9H12O.C4H10.C2H6.CH4O/c1-7(2)8-5-3-4-6-9(8)10;1-4(2)3;2*1-2/h3-7,10H,1-2H3;4H,1-3H3;1-2H3;2H,1H3. The second kappa shape index (κ2) is 16.0. The van der Waals surface area contributed by atoms with Gasteiger partial charge in [-0.2, -0.15) is 0 Å². The number of para-hydroxylation sites is 1. The summed E-state index contributed by atoms with van der Waals surface area (Å²) in [6, 6.07) is 7.44. The average molecular weight is 256 g/mol. The molecule has 0 saturated carbocycles. The Morgan fingerprint density at radius 3 is 1.39 bits per heavy atom. The Bertz CT molecular complexity index is 252. The van der Waals surface area contributed by atoms with Crippen molar-refractivity contribution in [2.75, 3.05) is 7.11 Å². The van der Waals surface area contributed by atoms with Crippen molar-refractivity contribution in [3.63, 3.8) is 0 Å². The van der Waals surface area contributed by atoms with E-state index in [9.17, 15) is 5.11 Å². The molecule has 0 spiro atoms. The molecule has 0 fully saturated rings. The SMILES string of the molecule is CC.CC(C)C.CC(C)c1ccccc1O.CO. The molecule has 0 saturated heterocycles. The Hall–Kier alpha value is -1.02. The molecule has 0 heterocycles. The molecule has 0 aliphatic heterocycles. The van der Waals surface area contributed by atoms with E-state index < -0.39 is 0 Å². The van der Waals surface area contributed by atoms with E-state index in [4.69, 9.17) is 5.11 Å². The fourth-order valence-corrected chi connectivity index (χ4v) is 0.976. The highest BCUT2D eigenvalue weighted by molar-refractivity contribution is 5.33. The molecule has 0 aromatic heterocycles. The zero-order chi connectivity index (χ0) is 15.1. The third kappa shape index (κ3) is 15.0. The van der Waals surface area contributed by atoms with Gasteiger partial charge in [0.05, 0.1) is 0 Å². The summed E-state index contributed by atoms with van der Waals surface area (Å²) in [4.78, 5) is 0. The first kappa shape index (κ1) is 22.2. The summed E-state index contributed by atoms with van der Waals surface area (Å²) in [6.45, 7) is 14.6. The minimum absolute atomic E-state index is 0.400. The number of aliphatic hydroxyl groups is 1. The van der Waals surface area contributed by atoms with Gasteiger partial charge in [0.25, 0.3) is 0 Å². The highest BCUT2D eigenvalue weighted by Crippen LogP contribution is 2.23. The van der Waals surface area contributed by atoms with Gasteiger partial charge < -0.3 is 10.2 Å². The van der Waals surface area contributed by atoms with Crippen LogP contribution in [0.4, 0.5) is 0 Å². The molecule has 1 aromatic rings. The first-order valence-corrected chi connectivity index (χ1v) is 6.67. The fraction of sp³-hybridized carbons (Fsp3) is 0.625. The first-order valence-electron chi connectivity index (χ1n) is 6.67. The van der Waals surface area contributed by atoms with E-state index in [0.29, 0.717) is 11.7 Å². The molecule has 0 aliphatic rings. The van der Waals surface area contributed by atoms with E-state index >= 15 is 0 Å². The van der Waals surface area contributed by atoms with Crippen LogP contribution in [-0.2, 0) is 0 Å². The highest BCUT2D eigenvalue weighted by Gasteiger charge is 2.01. The molecule has 0 atom stereocenters. The van der Waals surface area contributed by atoms with Crippen LogP contribution in [0.1, 0.15) is 59.9 Å². The lowest BCUT2D eigenvalue weighted by molar-refractivity contribution is 0.399. The van der Waals surface area contributed by atoms with Crippen molar-refractivity contribution in [1.82, 2.24) is 0 Å². The van der Waals surface area contributed by atoms with Crippen molar-refractivity contribution in [3.05, 3.63) is 29.8 Å². The quantitative estimate of drug-likeness (QED) is 0.756. The molecule has 2 nitrogen and oxygen atoms in total. The Balaban J connectivity index is -0.000000238. The van der Waals surface area contributed by atoms with Gasteiger partial charge in [-0.25, -0.2) is 0 Å². The smallest absolute Gasteiger partial charge is 0.119 e. The summed E-state index contributed by atoms with van der Waals surface area (Å²) in [5.41, 5.74) is 1.02. The molecule has 0 radical (unpaired) electrons. The van der Waals surface area contributed by atoms with Gasteiger partial charge in [0.15, 0.2) is 0 Å². The second-order valence-electron chi connectivity index (χ2n) is 4.45. The molecule has 2 heteroatoms. The lowest BCUT2D eigenvalue weighted by Crippen LogP contribution is -1.85. The maximum atomic E-state index is 9.28. The van der Waals surface area contributed by atoms with Crippen LogP contribution in [0, 0.1) is 5.92 Å². The summed E-state index contributed by atoms with van der Waals surface area (Å²) in [5, 5.41) is 16.3. The number of rotatable bonds is 1. The van der Waals surface area contributed by atoms with Gasteiger partial charge in [0, 0.05) is 7.11 Å². The Kier molecular flexibility index (Phi) is 19.7. The monoisotopic (exact) mass is 256 g/mol. The zero-order valence-corrected chi connectivity index (χ0v) is 13.4. The van der Waals surface area contributed by atoms with Crippen molar-refractivity contribution < 1.29 is 10.2 Å². The topological polar surface area (TPSA) is 40.5 Å². The first-order chi connectivity index (χ1) is 8.45. The summed E-state index contributed by atoms with van der Waals surface area (Å²) < 4.78 is 0. The van der Waals surface area contributed by atoms with E-state index in [1.807, 2.05) is 32.0 Å². The molecule has 0 amide bonds. The maximum absolute atomic E-state index is 9.28. The van der Waals surface area contributed by atoms with E-state index in [1.54, 1.807) is 6.07 Å². The van der Waals surface area contributed by atoms with Crippen LogP contribution in [0.5, 0.6) is 5.75 Å². The number of aromatic hydroxyl groups is 1. The van der Waals surface area contributed by atoms with Crippen LogP contribution in [0.2, 0.25) is 0 Å². The van der Waals surface area contributed by atoms with Crippen molar-refractivity contribution >= 4 is 0 Å². The predicted molar refractivity (Wildman–Crippen MR) is 82.2 cm³/mol. The Labute approximate surface area is 114 Å². The molecular weight excluding hydrogens is 224 g/mol. The van der Waals surface area contributed by atoms with Gasteiger partial charge in [-0.15, -0.1) is 0 Å². The van der Waals surface area contributed by atoms with Crippen LogP contribution >= 0.6 is 0 Å². The summed E-state index contributed by atoms with van der Waals surface area (Å²) in [5.74, 6) is 1.64. The molecule has 0 unspecified atom stereocenters. The van der Waals surface area contributed by atoms with Crippen molar-refractivity contribution in [2.45, 2.75) is 54.4 Å². The van der Waals surface area contributed by atoms with E-state index in [0.717, 1.165) is 18.6 Å². The maximum Gasteiger partial charge on any atom is 0.119 e. The van der Waals surface area contributed by atoms with Crippen LogP contribution in [0.3, 0.4) is 0 Å². The zero-order valence-electron chi connectivity index (χ0n) is 13.4. The van der Waals surface area contributed by atoms with Crippen molar-refractivity contribution in [2.24, 2.45) is 5.92 Å². The number of phenolic OH excluding ortho intramolecular Hbond substituents is 1. The number of benzene rings is 1. The lowest BCUT2D eigenvalue weighted by Gasteiger charge is -2.05. The average Bonchev–Trinajstić information content (AvgIpc) is 2.34. The number of phenols is 1. The largest absolute Gasteiger partial charge is 0.508 e. The third-order valence-electron chi connectivity index (χ3n) is 1.56. The van der Waals surface area contributed by atoms with Gasteiger partial charge in [0.2, 0.25) is 0 Å². The highest BCUT2D eigenvalue weighted by atomic mass is 16.3. The van der Waals surface area contributed by atoms with Gasteiger partial charge >= 0.3 is 0 Å². The van der Waals surface area contributed by atoms with Crippen LogP contribution in [0.25, 0.3) is 0 Å². The predicted octanol–water partition coefficient (Wildman–Crippen LogP) is 4.81. The van der Waals surface area contributed by atoms with E-state index in [1.165, 1.54) is 0 Å². The molecular formula is C16H32O2. The fourth-order valence-electron chi connectivity index (χ4n) is 0.976. The van der Waals surface area contributed by atoms with Crippen LogP contribution in [-0.4, -0.2) is 17.3 Å². The minimum atomic E-state index is 0.400. The molecule has 108 valence electrons. The van der Waals surface area contributed by atoms with Crippen LogP contribution in [0.15, 0.2) is 24.3 Å².